The van der Waals surface area contributed by atoms with Crippen LogP contribution in [-0.2, 0) is 14.4 Å². The van der Waals surface area contributed by atoms with Gasteiger partial charge in [-0.05, 0) is 43.7 Å². The van der Waals surface area contributed by atoms with Crippen molar-refractivity contribution in [1.29, 1.82) is 0 Å². The third-order valence-electron chi connectivity index (χ3n) is 4.60. The van der Waals surface area contributed by atoms with Crippen molar-refractivity contribution in [3.63, 3.8) is 0 Å². The zero-order valence-corrected chi connectivity index (χ0v) is 17.5. The van der Waals surface area contributed by atoms with Crippen LogP contribution in [0.15, 0.2) is 60.7 Å². The molecule has 0 heterocycles. The lowest BCUT2D eigenvalue weighted by atomic mass is 10.1. The number of nitrogens with one attached hydrogen (secondary N) is 3. The van der Waals surface area contributed by atoms with E-state index in [9.17, 15) is 14.4 Å². The third-order valence-corrected chi connectivity index (χ3v) is 4.60. The minimum absolute atomic E-state index is 0.00923. The number of unbranched alkanes of at least 4 members (excludes halogenated alkanes) is 3. The summed E-state index contributed by atoms with van der Waals surface area (Å²) in [5, 5.41) is 14.4. The fourth-order valence-electron chi connectivity index (χ4n) is 3.10. The number of benzene rings is 2. The van der Waals surface area contributed by atoms with Crippen LogP contribution in [0.4, 0.5) is 11.4 Å². The number of para-hydroxylation sites is 2. The molecule has 166 valence electrons. The van der Waals surface area contributed by atoms with Crippen molar-refractivity contribution in [3.8, 4) is 0 Å². The maximum Gasteiger partial charge on any atom is 0.257 e. The first-order valence-electron chi connectivity index (χ1n) is 10.4. The van der Waals surface area contributed by atoms with Crippen LogP contribution in [0.25, 0.3) is 0 Å². The minimum Gasteiger partial charge on any atom is -0.326 e. The minimum atomic E-state index is -0.565. The number of hydroxylamine groups is 1. The van der Waals surface area contributed by atoms with Gasteiger partial charge >= 0.3 is 0 Å². The van der Waals surface area contributed by atoms with Crippen LogP contribution in [0.1, 0.15) is 32.1 Å². The smallest absolute Gasteiger partial charge is 0.257 e. The van der Waals surface area contributed by atoms with Crippen LogP contribution in [0.2, 0.25) is 0 Å². The maximum atomic E-state index is 12.3. The first kappa shape index (κ1) is 24.0. The van der Waals surface area contributed by atoms with Gasteiger partial charge in [0.1, 0.15) is 0 Å². The van der Waals surface area contributed by atoms with Crippen molar-refractivity contribution >= 4 is 29.1 Å². The number of rotatable bonds is 13. The fraction of sp³-hybridized carbons (Fsp3) is 0.348. The van der Waals surface area contributed by atoms with Gasteiger partial charge in [-0.1, -0.05) is 49.2 Å². The lowest BCUT2D eigenvalue weighted by Gasteiger charge is -2.20. The molecule has 0 fully saturated rings. The lowest BCUT2D eigenvalue weighted by Crippen LogP contribution is -2.40. The fourth-order valence-corrected chi connectivity index (χ4v) is 3.10. The molecule has 0 aliphatic rings. The number of amides is 3. The average molecular weight is 427 g/mol. The second-order valence-corrected chi connectivity index (χ2v) is 7.24. The van der Waals surface area contributed by atoms with Gasteiger partial charge < -0.3 is 10.6 Å². The van der Waals surface area contributed by atoms with Crippen molar-refractivity contribution in [2.45, 2.75) is 32.1 Å². The molecule has 2 aromatic carbocycles. The van der Waals surface area contributed by atoms with Crippen LogP contribution >= 0.6 is 0 Å². The van der Waals surface area contributed by atoms with Crippen molar-refractivity contribution in [2.75, 3.05) is 30.3 Å². The molecule has 0 aromatic heterocycles. The Hall–Kier alpha value is -3.23. The molecule has 0 spiro atoms. The van der Waals surface area contributed by atoms with Crippen LogP contribution in [0, 0.1) is 0 Å². The molecule has 0 unspecified atom stereocenters. The molecule has 0 radical (unpaired) electrons. The van der Waals surface area contributed by atoms with Crippen LogP contribution in [0.5, 0.6) is 0 Å². The molecule has 8 heteroatoms. The van der Waals surface area contributed by atoms with Crippen molar-refractivity contribution in [2.24, 2.45) is 0 Å². The summed E-state index contributed by atoms with van der Waals surface area (Å²) in [6.45, 7) is 0.506. The molecule has 3 amide bonds. The molecular formula is C23H30N4O4. The molecule has 0 aliphatic heterocycles. The molecule has 2 rings (SSSR count). The SMILES string of the molecule is O=C(CN(CCCCCCC(=O)Nc1ccccc1)CC(=O)Nc1ccccc1)NO. The van der Waals surface area contributed by atoms with E-state index in [-0.39, 0.29) is 24.9 Å². The van der Waals surface area contributed by atoms with Gasteiger partial charge in [0.05, 0.1) is 13.1 Å². The van der Waals surface area contributed by atoms with Gasteiger partial charge in [-0.2, -0.15) is 0 Å². The van der Waals surface area contributed by atoms with Gasteiger partial charge in [-0.15, -0.1) is 0 Å². The Morgan fingerprint density at radius 3 is 1.77 bits per heavy atom. The molecule has 0 atom stereocenters. The van der Waals surface area contributed by atoms with E-state index >= 15 is 0 Å². The quantitative estimate of drug-likeness (QED) is 0.224. The van der Waals surface area contributed by atoms with E-state index in [0.717, 1.165) is 31.4 Å². The van der Waals surface area contributed by atoms with Gasteiger partial charge in [-0.3, -0.25) is 24.5 Å². The number of nitrogens with zero attached hydrogens (tertiary/aromatic N) is 1. The summed E-state index contributed by atoms with van der Waals surface area (Å²) in [5.41, 5.74) is 3.08. The van der Waals surface area contributed by atoms with Crippen molar-refractivity contribution < 1.29 is 19.6 Å². The Balaban J connectivity index is 1.66. The Kier molecular flexibility index (Phi) is 10.8. The Morgan fingerprint density at radius 1 is 0.677 bits per heavy atom. The summed E-state index contributed by atoms with van der Waals surface area (Å²) in [5.74, 6) is -0.801. The summed E-state index contributed by atoms with van der Waals surface area (Å²) in [7, 11) is 0. The van der Waals surface area contributed by atoms with E-state index in [0.29, 0.717) is 18.7 Å². The van der Waals surface area contributed by atoms with E-state index in [4.69, 9.17) is 5.21 Å². The Bertz CT molecular complexity index is 815. The van der Waals surface area contributed by atoms with Crippen LogP contribution in [0.3, 0.4) is 0 Å². The second-order valence-electron chi connectivity index (χ2n) is 7.24. The number of hydrogen-bond donors (Lipinski definition) is 4. The Morgan fingerprint density at radius 2 is 1.19 bits per heavy atom. The predicted molar refractivity (Wildman–Crippen MR) is 120 cm³/mol. The van der Waals surface area contributed by atoms with Crippen LogP contribution < -0.4 is 16.1 Å². The van der Waals surface area contributed by atoms with Crippen molar-refractivity contribution in [1.82, 2.24) is 10.4 Å². The molecule has 4 N–H and O–H groups in total. The first-order valence-corrected chi connectivity index (χ1v) is 10.4. The highest BCUT2D eigenvalue weighted by molar-refractivity contribution is 5.92. The molecule has 8 nitrogen and oxygen atoms in total. The van der Waals surface area contributed by atoms with Gasteiger partial charge in [0.2, 0.25) is 11.8 Å². The average Bonchev–Trinajstić information content (AvgIpc) is 2.77. The molecule has 0 bridgehead atoms. The number of carbonyl (C=O) groups excluding carboxylic acids is 3. The largest absolute Gasteiger partial charge is 0.326 e. The molecule has 0 saturated carbocycles. The number of carbonyl (C=O) groups is 3. The van der Waals surface area contributed by atoms with E-state index in [2.05, 4.69) is 10.6 Å². The highest BCUT2D eigenvalue weighted by Gasteiger charge is 2.14. The highest BCUT2D eigenvalue weighted by Crippen LogP contribution is 2.09. The first-order chi connectivity index (χ1) is 15.1. The summed E-state index contributed by atoms with van der Waals surface area (Å²) >= 11 is 0. The van der Waals surface area contributed by atoms with E-state index in [1.54, 1.807) is 22.5 Å². The summed E-state index contributed by atoms with van der Waals surface area (Å²) in [4.78, 5) is 37.4. The Labute approximate surface area is 182 Å². The highest BCUT2D eigenvalue weighted by atomic mass is 16.5. The van der Waals surface area contributed by atoms with E-state index in [1.807, 2.05) is 48.5 Å². The standard InChI is InChI=1S/C23H30N4O4/c28-21(24-19-11-5-3-6-12-19)15-9-1-2-10-16-27(18-23(30)26-31)17-22(29)25-20-13-7-4-8-14-20/h3-8,11-14,31H,1-2,9-10,15-18H2,(H,24,28)(H,25,29)(H,26,30). The van der Waals surface area contributed by atoms with E-state index in [1.165, 1.54) is 0 Å². The van der Waals surface area contributed by atoms with Crippen molar-refractivity contribution in [3.05, 3.63) is 60.7 Å². The summed E-state index contributed by atoms with van der Waals surface area (Å²) in [6.07, 6.45) is 3.74. The van der Waals surface area contributed by atoms with Crippen LogP contribution in [-0.4, -0.2) is 47.5 Å². The molecule has 0 aliphatic carbocycles. The normalized spacial score (nSPS) is 10.5. The number of anilines is 2. The number of hydrogen-bond acceptors (Lipinski definition) is 5. The van der Waals surface area contributed by atoms with Gasteiger partial charge in [-0.25, -0.2) is 5.48 Å². The monoisotopic (exact) mass is 426 g/mol. The topological polar surface area (TPSA) is 111 Å². The molecule has 2 aromatic rings. The predicted octanol–water partition coefficient (Wildman–Crippen LogP) is 3.02. The lowest BCUT2D eigenvalue weighted by molar-refractivity contribution is -0.131. The summed E-state index contributed by atoms with van der Waals surface area (Å²) in [6, 6.07) is 18.4. The maximum absolute atomic E-state index is 12.3. The molecule has 31 heavy (non-hydrogen) atoms. The van der Waals surface area contributed by atoms with E-state index < -0.39 is 5.91 Å². The third kappa shape index (κ3) is 10.4. The summed E-state index contributed by atoms with van der Waals surface area (Å²) < 4.78 is 0. The zero-order chi connectivity index (χ0) is 22.3. The van der Waals surface area contributed by atoms with Gasteiger partial charge in [0.25, 0.3) is 5.91 Å². The van der Waals surface area contributed by atoms with Gasteiger partial charge in [0.15, 0.2) is 0 Å². The van der Waals surface area contributed by atoms with Gasteiger partial charge in [0, 0.05) is 17.8 Å². The molecule has 0 saturated heterocycles. The molecular weight excluding hydrogens is 396 g/mol. The zero-order valence-electron chi connectivity index (χ0n) is 17.5. The second kappa shape index (κ2) is 13.9.